The lowest BCUT2D eigenvalue weighted by molar-refractivity contribution is 0.102. The summed E-state index contributed by atoms with van der Waals surface area (Å²) in [6, 6.07) is 16.7. The van der Waals surface area contributed by atoms with Gasteiger partial charge in [0.15, 0.2) is 0 Å². The summed E-state index contributed by atoms with van der Waals surface area (Å²) < 4.78 is 5.85. The molecule has 5 nitrogen and oxygen atoms in total. The molecule has 0 saturated heterocycles. The summed E-state index contributed by atoms with van der Waals surface area (Å²) in [6.45, 7) is 7.45. The predicted octanol–water partition coefficient (Wildman–Crippen LogP) is 7.25. The zero-order valence-corrected chi connectivity index (χ0v) is 20.0. The monoisotopic (exact) mass is 477 g/mol. The Morgan fingerprint density at radius 1 is 1.12 bits per heavy atom. The first kappa shape index (κ1) is 24.3. The first-order valence-corrected chi connectivity index (χ1v) is 11.4. The predicted molar refractivity (Wildman–Crippen MR) is 135 cm³/mol. The molecule has 0 aliphatic heterocycles. The number of nitrogens with zero attached hydrogens (tertiary/aromatic N) is 2. The molecule has 1 N–H and O–H groups in total. The normalized spacial score (nSPS) is 12.0. The molecule has 1 amide bonds. The molecule has 3 rings (SSSR count). The molecule has 0 aliphatic rings. The summed E-state index contributed by atoms with van der Waals surface area (Å²) in [5.74, 6) is 1.39. The zero-order chi connectivity index (χ0) is 23.6. The second kappa shape index (κ2) is 12.0. The molecular formula is C26H24ClN3O2S. The van der Waals surface area contributed by atoms with E-state index in [0.717, 1.165) is 10.5 Å². The molecule has 2 aromatic heterocycles. The van der Waals surface area contributed by atoms with Crippen LogP contribution in [-0.4, -0.2) is 15.9 Å². The van der Waals surface area contributed by atoms with E-state index in [1.165, 1.54) is 11.8 Å². The fourth-order valence-corrected chi connectivity index (χ4v) is 3.91. The van der Waals surface area contributed by atoms with Gasteiger partial charge in [-0.05, 0) is 61.9 Å². The molecule has 0 saturated carbocycles. The van der Waals surface area contributed by atoms with E-state index in [-0.39, 0.29) is 5.91 Å². The highest BCUT2D eigenvalue weighted by Gasteiger charge is 2.14. The summed E-state index contributed by atoms with van der Waals surface area (Å²) in [4.78, 5) is 22.5. The third kappa shape index (κ3) is 7.34. The highest BCUT2D eigenvalue weighted by atomic mass is 35.5. The van der Waals surface area contributed by atoms with Crippen molar-refractivity contribution in [3.05, 3.63) is 108 Å². The molecule has 168 valence electrons. The van der Waals surface area contributed by atoms with E-state index in [9.17, 15) is 4.79 Å². The molecule has 1 aromatic carbocycles. The molecule has 0 unspecified atom stereocenters. The van der Waals surface area contributed by atoms with Gasteiger partial charge in [0.25, 0.3) is 5.91 Å². The lowest BCUT2D eigenvalue weighted by Gasteiger charge is -2.10. The number of rotatable bonds is 9. The second-order valence-corrected chi connectivity index (χ2v) is 8.58. The number of aromatic nitrogens is 2. The molecule has 33 heavy (non-hydrogen) atoms. The van der Waals surface area contributed by atoms with Gasteiger partial charge in [0.05, 0.1) is 11.8 Å². The highest BCUT2D eigenvalue weighted by molar-refractivity contribution is 7.99. The second-order valence-electron chi connectivity index (χ2n) is 7.03. The Morgan fingerprint density at radius 3 is 2.61 bits per heavy atom. The number of benzene rings is 1. The number of amides is 1. The average Bonchev–Trinajstić information content (AvgIpc) is 2.81. The first-order valence-electron chi connectivity index (χ1n) is 10.2. The third-order valence-electron chi connectivity index (χ3n) is 4.49. The number of carbonyl (C=O) groups excluding carboxylic acids is 1. The molecule has 0 aliphatic carbocycles. The van der Waals surface area contributed by atoms with Gasteiger partial charge in [-0.25, -0.2) is 9.97 Å². The number of nitrogens with one attached hydrogen (secondary N) is 1. The van der Waals surface area contributed by atoms with Crippen molar-refractivity contribution in [2.75, 3.05) is 5.32 Å². The highest BCUT2D eigenvalue weighted by Crippen LogP contribution is 2.29. The van der Waals surface area contributed by atoms with E-state index in [2.05, 4.69) is 21.9 Å². The van der Waals surface area contributed by atoms with Crippen molar-refractivity contribution in [1.82, 2.24) is 9.97 Å². The number of ether oxygens (including phenoxy) is 1. The van der Waals surface area contributed by atoms with Crippen molar-refractivity contribution in [2.45, 2.75) is 30.2 Å². The number of pyridine rings is 2. The van der Waals surface area contributed by atoms with Gasteiger partial charge in [-0.1, -0.05) is 47.6 Å². The summed E-state index contributed by atoms with van der Waals surface area (Å²) in [5, 5.41) is 4.13. The number of hydrogen-bond acceptors (Lipinski definition) is 5. The minimum Gasteiger partial charge on any atom is -0.460 e. The van der Waals surface area contributed by atoms with Crippen LogP contribution in [0.15, 0.2) is 112 Å². The fourth-order valence-electron chi connectivity index (χ4n) is 2.73. The summed E-state index contributed by atoms with van der Waals surface area (Å²) in [5.41, 5.74) is 1.38. The Morgan fingerprint density at radius 2 is 1.91 bits per heavy atom. The molecule has 3 aromatic rings. The van der Waals surface area contributed by atoms with E-state index in [1.807, 2.05) is 50.3 Å². The number of hydrogen-bond donors (Lipinski definition) is 1. The van der Waals surface area contributed by atoms with Crippen LogP contribution >= 0.6 is 23.4 Å². The lowest BCUT2D eigenvalue weighted by atomic mass is 10.2. The van der Waals surface area contributed by atoms with E-state index in [4.69, 9.17) is 16.3 Å². The summed E-state index contributed by atoms with van der Waals surface area (Å²) in [7, 11) is 0. The van der Waals surface area contributed by atoms with Gasteiger partial charge >= 0.3 is 0 Å². The maximum atomic E-state index is 12.9. The first-order chi connectivity index (χ1) is 16.0. The third-order valence-corrected chi connectivity index (χ3v) is 5.78. The van der Waals surface area contributed by atoms with E-state index >= 15 is 0 Å². The maximum Gasteiger partial charge on any atom is 0.259 e. The topological polar surface area (TPSA) is 64.1 Å². The van der Waals surface area contributed by atoms with Crippen LogP contribution in [0.2, 0.25) is 0 Å². The van der Waals surface area contributed by atoms with E-state index in [0.29, 0.717) is 39.4 Å². The van der Waals surface area contributed by atoms with Crippen LogP contribution in [0.4, 0.5) is 5.82 Å². The van der Waals surface area contributed by atoms with Crippen LogP contribution in [0, 0.1) is 0 Å². The Balaban J connectivity index is 1.68. The number of allylic oxidation sites excluding steroid dienone is 5. The molecular weight excluding hydrogens is 454 g/mol. The van der Waals surface area contributed by atoms with Crippen molar-refractivity contribution >= 4 is 35.1 Å². The smallest absolute Gasteiger partial charge is 0.259 e. The van der Waals surface area contributed by atoms with Crippen molar-refractivity contribution < 1.29 is 9.53 Å². The van der Waals surface area contributed by atoms with Gasteiger partial charge in [-0.3, -0.25) is 4.79 Å². The molecule has 0 atom stereocenters. The molecule has 7 heteroatoms. The molecule has 0 radical (unpaired) electrons. The van der Waals surface area contributed by atoms with Crippen LogP contribution in [0.25, 0.3) is 0 Å². The van der Waals surface area contributed by atoms with Crippen molar-refractivity contribution in [1.29, 1.82) is 0 Å². The molecule has 0 spiro atoms. The minimum atomic E-state index is -0.281. The van der Waals surface area contributed by atoms with Crippen molar-refractivity contribution in [2.24, 2.45) is 0 Å². The Bertz CT molecular complexity index is 1180. The number of halogens is 1. The summed E-state index contributed by atoms with van der Waals surface area (Å²) >= 11 is 7.58. The van der Waals surface area contributed by atoms with Crippen LogP contribution in [0.3, 0.4) is 0 Å². The Labute approximate surface area is 203 Å². The van der Waals surface area contributed by atoms with Crippen molar-refractivity contribution in [3.8, 4) is 5.75 Å². The minimum absolute atomic E-state index is 0.281. The van der Waals surface area contributed by atoms with Gasteiger partial charge in [-0.15, -0.1) is 6.58 Å². The van der Waals surface area contributed by atoms with E-state index < -0.39 is 0 Å². The maximum absolute atomic E-state index is 12.9. The van der Waals surface area contributed by atoms with Crippen LogP contribution in [-0.2, 0) is 0 Å². The SMILES string of the molecule is C=CC/C(Cl)=C\C(C)=C(/C)Oc1ccc(NC(=O)c2cccnc2Sc2ccccc2)nc1. The van der Waals surface area contributed by atoms with Crippen LogP contribution in [0.5, 0.6) is 5.75 Å². The molecule has 0 bridgehead atoms. The Kier molecular flexibility index (Phi) is 8.87. The molecule has 2 heterocycles. The number of anilines is 1. The van der Waals surface area contributed by atoms with Gasteiger partial charge in [0.1, 0.15) is 22.4 Å². The van der Waals surface area contributed by atoms with Gasteiger partial charge in [-0.2, -0.15) is 0 Å². The standard InChI is InChI=1S/C26H24ClN3O2S/c1-4-9-20(27)16-18(2)19(3)32-21-13-14-24(29-17-21)30-25(31)23-12-8-15-28-26(23)33-22-10-6-5-7-11-22/h4-8,10-17H,1,9H2,2-3H3,(H,29,30,31)/b19-18+,20-16+. The number of carbonyl (C=O) groups is 1. The summed E-state index contributed by atoms with van der Waals surface area (Å²) in [6.07, 6.45) is 7.42. The van der Waals surface area contributed by atoms with Gasteiger partial charge in [0, 0.05) is 22.5 Å². The zero-order valence-electron chi connectivity index (χ0n) is 18.4. The van der Waals surface area contributed by atoms with Crippen LogP contribution < -0.4 is 10.1 Å². The van der Waals surface area contributed by atoms with Gasteiger partial charge < -0.3 is 10.1 Å². The lowest BCUT2D eigenvalue weighted by Crippen LogP contribution is -2.14. The Hall–Kier alpha value is -3.35. The van der Waals surface area contributed by atoms with Crippen molar-refractivity contribution in [3.63, 3.8) is 0 Å². The quantitative estimate of drug-likeness (QED) is 0.200. The van der Waals surface area contributed by atoms with Gasteiger partial charge in [0.2, 0.25) is 0 Å². The fraction of sp³-hybridized carbons (Fsp3) is 0.115. The molecule has 0 fully saturated rings. The largest absolute Gasteiger partial charge is 0.460 e. The van der Waals surface area contributed by atoms with E-state index in [1.54, 1.807) is 42.7 Å². The van der Waals surface area contributed by atoms with Crippen LogP contribution in [0.1, 0.15) is 30.6 Å². The average molecular weight is 478 g/mol.